The van der Waals surface area contributed by atoms with Gasteiger partial charge in [0, 0.05) is 25.7 Å². The molecule has 2 N–H and O–H groups in total. The Morgan fingerprint density at radius 2 is 2.09 bits per heavy atom. The molecule has 3 heterocycles. The zero-order valence-corrected chi connectivity index (χ0v) is 20.7. The van der Waals surface area contributed by atoms with Gasteiger partial charge in [-0.05, 0) is 51.1 Å². The zero-order chi connectivity index (χ0) is 23.6. The Balaban J connectivity index is 1.35. The van der Waals surface area contributed by atoms with Crippen molar-refractivity contribution < 1.29 is 17.8 Å². The molecule has 0 bridgehead atoms. The topological polar surface area (TPSA) is 87.3 Å². The van der Waals surface area contributed by atoms with Crippen LogP contribution in [0.3, 0.4) is 0 Å². The predicted octanol–water partition coefficient (Wildman–Crippen LogP) is 1.61. The molecule has 1 unspecified atom stereocenters. The SMILES string of the molecule is CCC1(CN(C)S(=O)(=O)C2=CC=C(CNC(=O)C3=Cn4cc[n+](C)c4CC3)CC2)CCCN1. The Labute approximate surface area is 197 Å². The monoisotopic (exact) mass is 474 g/mol. The van der Waals surface area contributed by atoms with Crippen LogP contribution in [0.5, 0.6) is 0 Å². The molecule has 4 rings (SSSR count). The van der Waals surface area contributed by atoms with Crippen LogP contribution in [-0.2, 0) is 28.3 Å². The highest BCUT2D eigenvalue weighted by Crippen LogP contribution is 2.29. The molecule has 180 valence electrons. The van der Waals surface area contributed by atoms with Crippen LogP contribution in [0.25, 0.3) is 6.20 Å². The standard InChI is InChI=1S/C24H35N5O3S/c1-4-24(12-5-13-26-24)18-28(3)33(31,32)21-9-6-19(7-10-21)16-25-23(30)20-8-11-22-27(2)14-15-29(22)17-20/h6,9,14-15,17,26H,4-5,7-8,10-13,16,18H2,1-3H3/p+1. The molecule has 9 heteroatoms. The smallest absolute Gasteiger partial charge is 0.261 e. The fourth-order valence-corrected chi connectivity index (χ4v) is 6.48. The van der Waals surface area contributed by atoms with Crippen molar-refractivity contribution in [1.82, 2.24) is 19.5 Å². The third-order valence-corrected chi connectivity index (χ3v) is 9.26. The number of rotatable bonds is 8. The summed E-state index contributed by atoms with van der Waals surface area (Å²) in [4.78, 5) is 13.1. The minimum Gasteiger partial charge on any atom is -0.348 e. The van der Waals surface area contributed by atoms with Gasteiger partial charge in [0.25, 0.3) is 11.7 Å². The van der Waals surface area contributed by atoms with Crippen LogP contribution in [0, 0.1) is 0 Å². The van der Waals surface area contributed by atoms with E-state index in [9.17, 15) is 13.2 Å². The molecule has 1 saturated heterocycles. The summed E-state index contributed by atoms with van der Waals surface area (Å²) in [5.41, 5.74) is 1.69. The Morgan fingerprint density at radius 3 is 2.76 bits per heavy atom. The van der Waals surface area contributed by atoms with E-state index in [4.69, 9.17) is 0 Å². The number of fused-ring (bicyclic) bond motifs is 1. The first-order valence-corrected chi connectivity index (χ1v) is 13.3. The number of nitrogens with one attached hydrogen (secondary N) is 2. The lowest BCUT2D eigenvalue weighted by Gasteiger charge is -2.33. The van der Waals surface area contributed by atoms with Crippen molar-refractivity contribution >= 4 is 22.1 Å². The van der Waals surface area contributed by atoms with Crippen molar-refractivity contribution in [3.63, 3.8) is 0 Å². The lowest BCUT2D eigenvalue weighted by molar-refractivity contribution is -0.678. The van der Waals surface area contributed by atoms with Crippen molar-refractivity contribution in [2.45, 2.75) is 57.4 Å². The average molecular weight is 475 g/mol. The normalized spacial score (nSPS) is 23.1. The molecule has 0 aromatic carbocycles. The van der Waals surface area contributed by atoms with Crippen molar-refractivity contribution in [1.29, 1.82) is 0 Å². The number of aromatic nitrogens is 2. The first-order chi connectivity index (χ1) is 15.7. The van der Waals surface area contributed by atoms with Gasteiger partial charge in [-0.3, -0.25) is 4.79 Å². The third kappa shape index (κ3) is 5.00. The molecule has 1 aromatic heterocycles. The summed E-state index contributed by atoms with van der Waals surface area (Å²) in [6, 6.07) is 0. The van der Waals surface area contributed by atoms with Gasteiger partial charge in [-0.15, -0.1) is 0 Å². The van der Waals surface area contributed by atoms with Gasteiger partial charge in [0.2, 0.25) is 10.0 Å². The zero-order valence-electron chi connectivity index (χ0n) is 19.9. The summed E-state index contributed by atoms with van der Waals surface area (Å²) in [6.07, 6.45) is 15.1. The van der Waals surface area contributed by atoms with Crippen LogP contribution in [0.2, 0.25) is 0 Å². The largest absolute Gasteiger partial charge is 0.348 e. The number of hydrogen-bond acceptors (Lipinski definition) is 4. The molecule has 1 fully saturated rings. The molecule has 1 aliphatic carbocycles. The van der Waals surface area contributed by atoms with E-state index in [-0.39, 0.29) is 11.4 Å². The number of amides is 1. The first kappa shape index (κ1) is 23.9. The van der Waals surface area contributed by atoms with Gasteiger partial charge < -0.3 is 10.6 Å². The lowest BCUT2D eigenvalue weighted by Crippen LogP contribution is -2.50. The maximum absolute atomic E-state index is 13.1. The Morgan fingerprint density at radius 1 is 1.27 bits per heavy atom. The molecule has 33 heavy (non-hydrogen) atoms. The van der Waals surface area contributed by atoms with Gasteiger partial charge in [-0.25, -0.2) is 17.6 Å². The molecule has 3 aliphatic rings. The summed E-state index contributed by atoms with van der Waals surface area (Å²) < 4.78 is 31.8. The molecule has 1 atom stereocenters. The van der Waals surface area contributed by atoms with E-state index in [1.54, 1.807) is 13.1 Å². The van der Waals surface area contributed by atoms with Gasteiger partial charge in [0.1, 0.15) is 18.6 Å². The third-order valence-electron chi connectivity index (χ3n) is 7.31. The minimum atomic E-state index is -3.49. The molecule has 0 radical (unpaired) electrons. The summed E-state index contributed by atoms with van der Waals surface area (Å²) in [7, 11) is 0.202. The fraction of sp³-hybridized carbons (Fsp3) is 0.583. The molecule has 0 spiro atoms. The van der Waals surface area contributed by atoms with Crippen LogP contribution in [0.15, 0.2) is 40.6 Å². The van der Waals surface area contributed by atoms with Gasteiger partial charge in [-0.1, -0.05) is 18.6 Å². The first-order valence-electron chi connectivity index (χ1n) is 11.9. The van der Waals surface area contributed by atoms with Crippen LogP contribution in [0.4, 0.5) is 0 Å². The minimum absolute atomic E-state index is 0.0611. The van der Waals surface area contributed by atoms with E-state index in [0.29, 0.717) is 37.3 Å². The summed E-state index contributed by atoms with van der Waals surface area (Å²) in [5.74, 6) is 1.12. The summed E-state index contributed by atoms with van der Waals surface area (Å²) >= 11 is 0. The average Bonchev–Trinajstić information content (AvgIpc) is 3.44. The second-order valence-corrected chi connectivity index (χ2v) is 11.6. The van der Waals surface area contributed by atoms with Crippen LogP contribution < -0.4 is 15.2 Å². The highest BCUT2D eigenvalue weighted by atomic mass is 32.2. The van der Waals surface area contributed by atoms with Crippen molar-refractivity contribution in [3.05, 3.63) is 46.4 Å². The van der Waals surface area contributed by atoms with Gasteiger partial charge in [-0.2, -0.15) is 4.31 Å². The van der Waals surface area contributed by atoms with E-state index in [2.05, 4.69) is 22.1 Å². The number of imidazole rings is 1. The van der Waals surface area contributed by atoms with Crippen LogP contribution in [0.1, 0.15) is 51.3 Å². The van der Waals surface area contributed by atoms with Crippen molar-refractivity contribution in [2.75, 3.05) is 26.7 Å². The number of likely N-dealkylation sites (N-methyl/N-ethyl adjacent to an activating group) is 1. The quantitative estimate of drug-likeness (QED) is 0.561. The lowest BCUT2D eigenvalue weighted by atomic mass is 9.94. The molecule has 1 aromatic rings. The van der Waals surface area contributed by atoms with E-state index < -0.39 is 10.0 Å². The maximum atomic E-state index is 13.1. The van der Waals surface area contributed by atoms with E-state index >= 15 is 0 Å². The highest BCUT2D eigenvalue weighted by molar-refractivity contribution is 7.93. The molecular weight excluding hydrogens is 438 g/mol. The molecule has 2 aliphatic heterocycles. The molecular formula is C24H36N5O3S+. The van der Waals surface area contributed by atoms with Gasteiger partial charge in [0.05, 0.1) is 23.9 Å². The number of nitrogens with zero attached hydrogens (tertiary/aromatic N) is 3. The Bertz CT molecular complexity index is 1110. The van der Waals surface area contributed by atoms with Crippen molar-refractivity contribution in [2.24, 2.45) is 7.05 Å². The van der Waals surface area contributed by atoms with Crippen molar-refractivity contribution in [3.8, 4) is 0 Å². The van der Waals surface area contributed by atoms with Crippen LogP contribution in [-0.4, -0.2) is 55.4 Å². The fourth-order valence-electron chi connectivity index (χ4n) is 5.06. The van der Waals surface area contributed by atoms with E-state index in [1.165, 1.54) is 10.1 Å². The number of carbonyl (C=O) groups excluding carboxylic acids is 1. The molecule has 0 saturated carbocycles. The van der Waals surface area contributed by atoms with Crippen LogP contribution >= 0.6 is 0 Å². The number of hydrogen-bond donors (Lipinski definition) is 2. The second kappa shape index (κ2) is 9.56. The highest BCUT2D eigenvalue weighted by Gasteiger charge is 2.36. The molecule has 8 nitrogen and oxygen atoms in total. The summed E-state index contributed by atoms with van der Waals surface area (Å²) in [5, 5.41) is 6.51. The van der Waals surface area contributed by atoms with E-state index in [0.717, 1.165) is 43.4 Å². The maximum Gasteiger partial charge on any atom is 0.261 e. The summed E-state index contributed by atoms with van der Waals surface area (Å²) in [6.45, 7) is 3.99. The number of carbonyl (C=O) groups is 1. The Kier molecular flexibility index (Phi) is 6.93. The number of aryl methyl sites for hydroxylation is 1. The van der Waals surface area contributed by atoms with Gasteiger partial charge >= 0.3 is 0 Å². The number of sulfonamides is 1. The van der Waals surface area contributed by atoms with E-state index in [1.807, 2.05) is 36.3 Å². The Hall–Kier alpha value is -2.23. The number of allylic oxidation sites excluding steroid dienone is 3. The van der Waals surface area contributed by atoms with Gasteiger partial charge in [0.15, 0.2) is 0 Å². The second-order valence-electron chi connectivity index (χ2n) is 9.45. The molecule has 1 amide bonds. The predicted molar refractivity (Wildman–Crippen MR) is 128 cm³/mol.